The zero-order valence-electron chi connectivity index (χ0n) is 10.2. The summed E-state index contributed by atoms with van der Waals surface area (Å²) in [6.07, 6.45) is 5.08. The maximum Gasteiger partial charge on any atom is 0.0660 e. The first kappa shape index (κ1) is 11.7. The van der Waals surface area contributed by atoms with Crippen molar-refractivity contribution >= 4 is 17.4 Å². The Hall–Kier alpha value is -1.42. The Labute approximate surface area is 112 Å². The molecule has 0 saturated carbocycles. The Kier molecular flexibility index (Phi) is 3.55. The summed E-state index contributed by atoms with van der Waals surface area (Å²) in [5.74, 6) is 2.51. The molecule has 2 heterocycles. The van der Waals surface area contributed by atoms with Crippen LogP contribution in [0, 0.1) is 0 Å². The van der Waals surface area contributed by atoms with Crippen LogP contribution in [0.2, 0.25) is 0 Å². The normalized spacial score (nSPS) is 19.0. The van der Waals surface area contributed by atoms with Crippen molar-refractivity contribution in [1.82, 2.24) is 9.78 Å². The topological polar surface area (TPSA) is 29.9 Å². The van der Waals surface area contributed by atoms with Gasteiger partial charge < -0.3 is 5.32 Å². The monoisotopic (exact) mass is 259 g/mol. The second-order valence-corrected chi connectivity index (χ2v) is 5.76. The van der Waals surface area contributed by atoms with Gasteiger partial charge in [0.1, 0.15) is 0 Å². The first-order chi connectivity index (χ1) is 8.90. The van der Waals surface area contributed by atoms with Crippen LogP contribution in [0.15, 0.2) is 42.7 Å². The number of aromatic nitrogens is 2. The molecule has 1 aromatic carbocycles. The van der Waals surface area contributed by atoms with Gasteiger partial charge in [-0.3, -0.25) is 4.68 Å². The summed E-state index contributed by atoms with van der Waals surface area (Å²) in [5, 5.41) is 7.85. The molecule has 1 aliphatic rings. The lowest BCUT2D eigenvalue weighted by molar-refractivity contribution is 0.687. The lowest BCUT2D eigenvalue weighted by atomic mass is 10.1. The Morgan fingerprint density at radius 2 is 2.39 bits per heavy atom. The van der Waals surface area contributed by atoms with E-state index in [1.54, 1.807) is 0 Å². The van der Waals surface area contributed by atoms with Crippen molar-refractivity contribution in [3.63, 3.8) is 0 Å². The molecule has 1 saturated heterocycles. The van der Waals surface area contributed by atoms with Crippen molar-refractivity contribution < 1.29 is 0 Å². The molecule has 1 atom stereocenters. The maximum atomic E-state index is 4.24. The number of anilines is 1. The molecule has 1 unspecified atom stereocenters. The number of hydrogen-bond acceptors (Lipinski definition) is 3. The van der Waals surface area contributed by atoms with Crippen LogP contribution in [0.25, 0.3) is 0 Å². The summed E-state index contributed by atoms with van der Waals surface area (Å²) in [5.41, 5.74) is 2.52. The first-order valence-electron chi connectivity index (χ1n) is 6.31. The Morgan fingerprint density at radius 3 is 3.17 bits per heavy atom. The summed E-state index contributed by atoms with van der Waals surface area (Å²) < 4.78 is 1.95. The highest BCUT2D eigenvalue weighted by Crippen LogP contribution is 2.22. The highest BCUT2D eigenvalue weighted by molar-refractivity contribution is 7.99. The van der Waals surface area contributed by atoms with Gasteiger partial charge in [0.05, 0.1) is 6.54 Å². The van der Waals surface area contributed by atoms with E-state index in [0.29, 0.717) is 6.04 Å². The molecule has 0 spiro atoms. The van der Waals surface area contributed by atoms with Crippen LogP contribution >= 0.6 is 11.8 Å². The van der Waals surface area contributed by atoms with E-state index < -0.39 is 0 Å². The molecule has 3 nitrogen and oxygen atoms in total. The molecule has 1 N–H and O–H groups in total. The van der Waals surface area contributed by atoms with Gasteiger partial charge in [-0.2, -0.15) is 16.9 Å². The van der Waals surface area contributed by atoms with Gasteiger partial charge in [0.2, 0.25) is 0 Å². The van der Waals surface area contributed by atoms with Crippen LogP contribution < -0.4 is 5.32 Å². The zero-order chi connectivity index (χ0) is 12.2. The summed E-state index contributed by atoms with van der Waals surface area (Å²) >= 11 is 2.03. The first-order valence-corrected chi connectivity index (χ1v) is 7.46. The zero-order valence-corrected chi connectivity index (χ0v) is 11.1. The van der Waals surface area contributed by atoms with Crippen LogP contribution in [0.5, 0.6) is 0 Å². The molecule has 3 rings (SSSR count). The highest BCUT2D eigenvalue weighted by Gasteiger charge is 2.14. The number of thioether (sulfide) groups is 1. The van der Waals surface area contributed by atoms with Crippen molar-refractivity contribution in [3.8, 4) is 0 Å². The fourth-order valence-electron chi connectivity index (χ4n) is 2.22. The largest absolute Gasteiger partial charge is 0.381 e. The summed E-state index contributed by atoms with van der Waals surface area (Å²) in [6, 6.07) is 11.2. The van der Waals surface area contributed by atoms with Gasteiger partial charge in [0, 0.05) is 29.9 Å². The molecule has 1 aromatic heterocycles. The van der Waals surface area contributed by atoms with E-state index in [4.69, 9.17) is 0 Å². The minimum absolute atomic E-state index is 0.634. The number of hydrogen-bond donors (Lipinski definition) is 1. The van der Waals surface area contributed by atoms with E-state index in [1.807, 2.05) is 34.9 Å². The standard InChI is InChI=1S/C14H17N3S/c1-3-12(10-17-7-2-6-15-17)9-13(4-1)16-14-5-8-18-11-14/h1-4,6-7,9,14,16H,5,8,10-11H2. The molecular formula is C14H17N3S. The van der Waals surface area contributed by atoms with Crippen molar-refractivity contribution in [1.29, 1.82) is 0 Å². The Bertz CT molecular complexity index is 490. The van der Waals surface area contributed by atoms with E-state index in [0.717, 1.165) is 6.54 Å². The van der Waals surface area contributed by atoms with Gasteiger partial charge in [-0.25, -0.2) is 0 Å². The average Bonchev–Trinajstić information content (AvgIpc) is 3.03. The molecule has 0 aliphatic carbocycles. The molecule has 94 valence electrons. The van der Waals surface area contributed by atoms with Crippen LogP contribution in [0.3, 0.4) is 0 Å². The SMILES string of the molecule is c1cc(Cn2cccn2)cc(NC2CCSC2)c1. The van der Waals surface area contributed by atoms with Crippen molar-refractivity contribution in [2.75, 3.05) is 16.8 Å². The third kappa shape index (κ3) is 2.88. The molecule has 2 aromatic rings. The second kappa shape index (κ2) is 5.48. The molecule has 18 heavy (non-hydrogen) atoms. The van der Waals surface area contributed by atoms with Gasteiger partial charge in [-0.15, -0.1) is 0 Å². The van der Waals surface area contributed by atoms with E-state index >= 15 is 0 Å². The molecule has 0 radical (unpaired) electrons. The van der Waals surface area contributed by atoms with Gasteiger partial charge in [0.25, 0.3) is 0 Å². The molecule has 1 aliphatic heterocycles. The van der Waals surface area contributed by atoms with E-state index in [2.05, 4.69) is 34.7 Å². The van der Waals surface area contributed by atoms with Crippen LogP contribution in [-0.4, -0.2) is 27.3 Å². The van der Waals surface area contributed by atoms with Crippen molar-refractivity contribution in [2.45, 2.75) is 19.0 Å². The van der Waals surface area contributed by atoms with Crippen LogP contribution in [-0.2, 0) is 6.54 Å². The van der Waals surface area contributed by atoms with E-state index in [9.17, 15) is 0 Å². The predicted octanol–water partition coefficient (Wildman–Crippen LogP) is 2.85. The van der Waals surface area contributed by atoms with Gasteiger partial charge in [-0.05, 0) is 35.9 Å². The average molecular weight is 259 g/mol. The number of benzene rings is 1. The second-order valence-electron chi connectivity index (χ2n) is 4.61. The highest BCUT2D eigenvalue weighted by atomic mass is 32.2. The molecular weight excluding hydrogens is 242 g/mol. The number of nitrogens with zero attached hydrogens (tertiary/aromatic N) is 2. The number of nitrogens with one attached hydrogen (secondary N) is 1. The predicted molar refractivity (Wildman–Crippen MR) is 77.1 cm³/mol. The molecule has 4 heteroatoms. The maximum absolute atomic E-state index is 4.24. The fraction of sp³-hybridized carbons (Fsp3) is 0.357. The third-order valence-corrected chi connectivity index (χ3v) is 4.29. The third-order valence-electron chi connectivity index (χ3n) is 3.13. The lowest BCUT2D eigenvalue weighted by Gasteiger charge is -2.13. The van der Waals surface area contributed by atoms with Crippen molar-refractivity contribution in [3.05, 3.63) is 48.3 Å². The molecule has 0 bridgehead atoms. The van der Waals surface area contributed by atoms with Gasteiger partial charge in [0.15, 0.2) is 0 Å². The van der Waals surface area contributed by atoms with Crippen LogP contribution in [0.1, 0.15) is 12.0 Å². The quantitative estimate of drug-likeness (QED) is 0.915. The molecule has 1 fully saturated rings. The Morgan fingerprint density at radius 1 is 1.39 bits per heavy atom. The van der Waals surface area contributed by atoms with Crippen molar-refractivity contribution in [2.24, 2.45) is 0 Å². The minimum atomic E-state index is 0.634. The summed E-state index contributed by atoms with van der Waals surface area (Å²) in [6.45, 7) is 0.835. The summed E-state index contributed by atoms with van der Waals surface area (Å²) in [7, 11) is 0. The van der Waals surface area contributed by atoms with E-state index in [-0.39, 0.29) is 0 Å². The fourth-order valence-corrected chi connectivity index (χ4v) is 3.38. The molecule has 0 amide bonds. The van der Waals surface area contributed by atoms with Crippen LogP contribution in [0.4, 0.5) is 5.69 Å². The van der Waals surface area contributed by atoms with Gasteiger partial charge in [-0.1, -0.05) is 12.1 Å². The van der Waals surface area contributed by atoms with Gasteiger partial charge >= 0.3 is 0 Å². The number of rotatable bonds is 4. The van der Waals surface area contributed by atoms with E-state index in [1.165, 1.54) is 29.2 Å². The summed E-state index contributed by atoms with van der Waals surface area (Å²) in [4.78, 5) is 0. The lowest BCUT2D eigenvalue weighted by Crippen LogP contribution is -2.18. The minimum Gasteiger partial charge on any atom is -0.381 e. The smallest absolute Gasteiger partial charge is 0.0660 e. The Balaban J connectivity index is 1.68.